The molecule has 1 aromatic carbocycles. The van der Waals surface area contributed by atoms with E-state index in [0.29, 0.717) is 24.5 Å². The van der Waals surface area contributed by atoms with Gasteiger partial charge in [-0.3, -0.25) is 9.78 Å². The molecule has 3 aromatic rings. The van der Waals surface area contributed by atoms with E-state index in [9.17, 15) is 9.90 Å². The highest BCUT2D eigenvalue weighted by Crippen LogP contribution is 2.30. The van der Waals surface area contributed by atoms with Crippen LogP contribution in [-0.4, -0.2) is 46.2 Å². The molecule has 0 spiro atoms. The van der Waals surface area contributed by atoms with Crippen molar-refractivity contribution in [1.82, 2.24) is 9.97 Å². The Balaban J connectivity index is 1.63. The summed E-state index contributed by atoms with van der Waals surface area (Å²) < 4.78 is 0. The number of pyridine rings is 2. The lowest BCUT2D eigenvalue weighted by molar-refractivity contribution is 0.0785. The van der Waals surface area contributed by atoms with Crippen molar-refractivity contribution in [1.29, 1.82) is 0 Å². The quantitative estimate of drug-likeness (QED) is 0.509. The predicted octanol–water partition coefficient (Wildman–Crippen LogP) is 2.17. The molecule has 0 bridgehead atoms. The number of benzene rings is 1. The third-order valence-electron chi connectivity index (χ3n) is 5.88. The highest BCUT2D eigenvalue weighted by atomic mass is 16.3. The first-order chi connectivity index (χ1) is 14.9. The van der Waals surface area contributed by atoms with Crippen molar-refractivity contribution in [2.24, 2.45) is 11.7 Å². The van der Waals surface area contributed by atoms with Crippen LogP contribution in [0.15, 0.2) is 42.7 Å². The lowest BCUT2D eigenvalue weighted by Gasteiger charge is -2.40. The second-order valence-electron chi connectivity index (χ2n) is 8.19. The van der Waals surface area contributed by atoms with Crippen LogP contribution in [0.25, 0.3) is 10.9 Å². The van der Waals surface area contributed by atoms with Gasteiger partial charge in [-0.1, -0.05) is 26.0 Å². The van der Waals surface area contributed by atoms with Crippen LogP contribution >= 0.6 is 0 Å². The highest BCUT2D eigenvalue weighted by molar-refractivity contribution is 6.09. The number of anilines is 3. The monoisotopic (exact) mass is 420 g/mol. The first-order valence-corrected chi connectivity index (χ1v) is 10.5. The van der Waals surface area contributed by atoms with Crippen molar-refractivity contribution in [2.45, 2.75) is 32.4 Å². The number of aryl methyl sites for hydroxylation is 1. The number of rotatable bonds is 4. The van der Waals surface area contributed by atoms with Gasteiger partial charge in [0, 0.05) is 36.6 Å². The van der Waals surface area contributed by atoms with Crippen molar-refractivity contribution in [3.63, 3.8) is 0 Å². The lowest BCUT2D eigenvalue weighted by Crippen LogP contribution is -2.55. The maximum absolute atomic E-state index is 13.1. The van der Waals surface area contributed by atoms with Crippen LogP contribution in [0.4, 0.5) is 17.1 Å². The van der Waals surface area contributed by atoms with Gasteiger partial charge in [-0.05, 0) is 30.2 Å². The zero-order chi connectivity index (χ0) is 22.1. The van der Waals surface area contributed by atoms with E-state index in [1.54, 1.807) is 18.5 Å². The highest BCUT2D eigenvalue weighted by Gasteiger charge is 2.32. The van der Waals surface area contributed by atoms with Crippen molar-refractivity contribution >= 4 is 33.9 Å². The molecule has 0 saturated carbocycles. The van der Waals surface area contributed by atoms with Gasteiger partial charge in [-0.25, -0.2) is 4.98 Å². The number of nitrogens with two attached hydrogens (primary N) is 2. The largest absolute Gasteiger partial charge is 0.397 e. The van der Waals surface area contributed by atoms with E-state index in [4.69, 9.17) is 11.5 Å². The molecule has 1 aliphatic heterocycles. The molecule has 3 heterocycles. The number of hydrogen-bond donors (Lipinski definition) is 4. The van der Waals surface area contributed by atoms with E-state index in [1.807, 2.05) is 31.2 Å². The van der Waals surface area contributed by atoms with Gasteiger partial charge in [0.1, 0.15) is 0 Å². The summed E-state index contributed by atoms with van der Waals surface area (Å²) in [6, 6.07) is 9.21. The van der Waals surface area contributed by atoms with Gasteiger partial charge in [0.2, 0.25) is 0 Å². The number of carbonyl (C=O) groups is 1. The van der Waals surface area contributed by atoms with Crippen molar-refractivity contribution < 1.29 is 9.90 Å². The molecule has 8 heteroatoms. The third kappa shape index (κ3) is 4.17. The smallest absolute Gasteiger partial charge is 0.276 e. The van der Waals surface area contributed by atoms with E-state index >= 15 is 0 Å². The molecule has 1 fully saturated rings. The molecule has 1 amide bonds. The maximum atomic E-state index is 13.1. The number of aliphatic hydroxyl groups is 1. The fourth-order valence-electron chi connectivity index (χ4n) is 4.08. The summed E-state index contributed by atoms with van der Waals surface area (Å²) in [5, 5.41) is 14.0. The Morgan fingerprint density at radius 3 is 2.84 bits per heavy atom. The minimum Gasteiger partial charge on any atom is -0.397 e. The summed E-state index contributed by atoms with van der Waals surface area (Å²) in [5.41, 5.74) is 16.0. The Morgan fingerprint density at radius 2 is 2.10 bits per heavy atom. The molecule has 2 aromatic heterocycles. The molecule has 0 radical (unpaired) electrons. The van der Waals surface area contributed by atoms with Crippen molar-refractivity contribution in [2.75, 3.05) is 29.0 Å². The molecule has 8 nitrogen and oxygen atoms in total. The van der Waals surface area contributed by atoms with Gasteiger partial charge in [0.15, 0.2) is 5.69 Å². The first-order valence-electron chi connectivity index (χ1n) is 10.5. The second-order valence-corrected chi connectivity index (χ2v) is 8.19. The van der Waals surface area contributed by atoms with E-state index in [2.05, 4.69) is 27.1 Å². The topological polar surface area (TPSA) is 130 Å². The molecular formula is C23H28N6O2. The van der Waals surface area contributed by atoms with Crippen molar-refractivity contribution in [3.8, 4) is 0 Å². The average Bonchev–Trinajstić information content (AvgIpc) is 2.76. The number of aromatic nitrogens is 2. The summed E-state index contributed by atoms with van der Waals surface area (Å²) in [6.45, 7) is 5.13. The molecule has 0 unspecified atom stereocenters. The van der Waals surface area contributed by atoms with Crippen LogP contribution in [0.3, 0.4) is 0 Å². The Hall–Kier alpha value is -3.23. The first kappa shape index (κ1) is 21.0. The van der Waals surface area contributed by atoms with Gasteiger partial charge in [-0.2, -0.15) is 0 Å². The summed E-state index contributed by atoms with van der Waals surface area (Å²) in [7, 11) is 0. The molecule has 162 valence electrons. The Kier molecular flexibility index (Phi) is 5.75. The fourth-order valence-corrected chi connectivity index (χ4v) is 4.08. The molecule has 0 aliphatic carbocycles. The molecule has 3 atom stereocenters. The van der Waals surface area contributed by atoms with Gasteiger partial charge >= 0.3 is 0 Å². The summed E-state index contributed by atoms with van der Waals surface area (Å²) >= 11 is 0. The Labute approximate surface area is 181 Å². The number of amides is 1. The van der Waals surface area contributed by atoms with Gasteiger partial charge in [0.05, 0.1) is 34.9 Å². The number of nitrogen functional groups attached to an aromatic ring is 1. The van der Waals surface area contributed by atoms with Gasteiger partial charge in [0.25, 0.3) is 5.91 Å². The molecular weight excluding hydrogens is 392 g/mol. The number of carbonyl (C=O) groups excluding carboxylic acids is 1. The predicted molar refractivity (Wildman–Crippen MR) is 123 cm³/mol. The SMILES string of the molecule is CCc1ccc2cc(N)c(C(=O)Nc3cnccc3N3C[C@@H](N)[C@H](O)[C@@H](C)C3)nc2c1. The van der Waals surface area contributed by atoms with Gasteiger partial charge < -0.3 is 26.8 Å². The number of aliphatic hydroxyl groups excluding tert-OH is 1. The van der Waals surface area contributed by atoms with Crippen LogP contribution in [0.5, 0.6) is 0 Å². The van der Waals surface area contributed by atoms with Gasteiger partial charge in [-0.15, -0.1) is 0 Å². The zero-order valence-electron chi connectivity index (χ0n) is 17.7. The average molecular weight is 421 g/mol. The minimum atomic E-state index is -0.550. The Morgan fingerprint density at radius 1 is 1.29 bits per heavy atom. The molecule has 1 aliphatic rings. The van der Waals surface area contributed by atoms with Crippen molar-refractivity contribution in [3.05, 3.63) is 54.0 Å². The maximum Gasteiger partial charge on any atom is 0.276 e. The number of piperidine rings is 1. The number of fused-ring (bicyclic) bond motifs is 1. The molecule has 1 saturated heterocycles. The van der Waals surface area contributed by atoms with Crippen LogP contribution in [0.2, 0.25) is 0 Å². The van der Waals surface area contributed by atoms with Crippen LogP contribution < -0.4 is 21.7 Å². The molecule has 6 N–H and O–H groups in total. The minimum absolute atomic E-state index is 0.00558. The van der Waals surface area contributed by atoms with E-state index < -0.39 is 12.0 Å². The van der Waals surface area contributed by atoms with E-state index in [1.165, 1.54) is 0 Å². The number of nitrogens with zero attached hydrogens (tertiary/aromatic N) is 3. The summed E-state index contributed by atoms with van der Waals surface area (Å²) in [5.74, 6) is -0.393. The lowest BCUT2D eigenvalue weighted by atomic mass is 9.92. The van der Waals surface area contributed by atoms with Crippen LogP contribution in [0.1, 0.15) is 29.9 Å². The standard InChI is InChI=1S/C23H28N6O2/c1-3-14-4-5-15-9-16(24)21(27-18(15)8-14)23(31)28-19-10-26-7-6-20(19)29-11-13(2)22(30)17(25)12-29/h4-10,13,17,22,30H,3,11-12,24-25H2,1-2H3,(H,28,31)/t13-,17+,22+/m0/s1. The third-order valence-corrected chi connectivity index (χ3v) is 5.88. The zero-order valence-corrected chi connectivity index (χ0v) is 17.7. The Bertz CT molecular complexity index is 1110. The normalized spacial score (nSPS) is 21.3. The van der Waals surface area contributed by atoms with E-state index in [-0.39, 0.29) is 17.7 Å². The fraction of sp³-hybridized carbons (Fsp3) is 0.348. The molecule has 31 heavy (non-hydrogen) atoms. The van der Waals surface area contributed by atoms with Crippen LogP contribution in [0, 0.1) is 5.92 Å². The summed E-state index contributed by atoms with van der Waals surface area (Å²) in [4.78, 5) is 23.8. The number of hydrogen-bond acceptors (Lipinski definition) is 7. The summed E-state index contributed by atoms with van der Waals surface area (Å²) in [6.07, 6.45) is 3.60. The number of nitrogens with one attached hydrogen (secondary N) is 1. The van der Waals surface area contributed by atoms with E-state index in [0.717, 1.165) is 28.6 Å². The van der Waals surface area contributed by atoms with Crippen LogP contribution in [-0.2, 0) is 6.42 Å². The molecule has 4 rings (SSSR count). The second kappa shape index (κ2) is 8.49.